The molecule has 2 amide bonds. The third kappa shape index (κ3) is 5.31. The van der Waals surface area contributed by atoms with E-state index < -0.39 is 17.8 Å². The molecule has 2 heterocycles. The minimum atomic E-state index is -0.585. The molecule has 10 heteroatoms. The van der Waals surface area contributed by atoms with Gasteiger partial charge in [-0.3, -0.25) is 9.59 Å². The molecule has 0 aromatic carbocycles. The van der Waals surface area contributed by atoms with Gasteiger partial charge >= 0.3 is 5.97 Å². The number of hydrogen-bond acceptors (Lipinski definition) is 8. The van der Waals surface area contributed by atoms with Crippen LogP contribution >= 0.6 is 0 Å². The second-order valence-corrected chi connectivity index (χ2v) is 6.13. The highest BCUT2D eigenvalue weighted by Crippen LogP contribution is 2.19. The Morgan fingerprint density at radius 3 is 2.52 bits per heavy atom. The van der Waals surface area contributed by atoms with Crippen LogP contribution in [0, 0.1) is 0 Å². The summed E-state index contributed by atoms with van der Waals surface area (Å²) < 4.78 is 0. The van der Waals surface area contributed by atoms with E-state index in [0.29, 0.717) is 11.6 Å². The summed E-state index contributed by atoms with van der Waals surface area (Å²) in [5.41, 5.74) is 0. The Balaban J connectivity index is 1.71. The first-order valence-corrected chi connectivity index (χ1v) is 8.39. The van der Waals surface area contributed by atoms with Crippen molar-refractivity contribution >= 4 is 17.8 Å². The highest BCUT2D eigenvalue weighted by molar-refractivity contribution is 6.01. The molecule has 1 fully saturated rings. The molecule has 25 heavy (non-hydrogen) atoms. The van der Waals surface area contributed by atoms with E-state index in [1.54, 1.807) is 7.05 Å². The number of hydrogen-bond donors (Lipinski definition) is 0. The van der Waals surface area contributed by atoms with Gasteiger partial charge in [0.1, 0.15) is 0 Å². The number of carbonyl (C=O) groups is 3. The van der Waals surface area contributed by atoms with Crippen LogP contribution < -0.4 is 0 Å². The number of carbonyl (C=O) groups excluding carboxylic acids is 3. The first kappa shape index (κ1) is 19.0. The van der Waals surface area contributed by atoms with Crippen molar-refractivity contribution in [2.24, 2.45) is 7.05 Å². The summed E-state index contributed by atoms with van der Waals surface area (Å²) in [6.07, 6.45) is 2.05. The van der Waals surface area contributed by atoms with Crippen LogP contribution in [0.5, 0.6) is 0 Å². The van der Waals surface area contributed by atoms with Crippen molar-refractivity contribution in [3.63, 3.8) is 0 Å². The number of aryl methyl sites for hydroxylation is 1. The molecule has 1 aromatic rings. The van der Waals surface area contributed by atoms with Crippen molar-refractivity contribution in [3.8, 4) is 0 Å². The summed E-state index contributed by atoms with van der Waals surface area (Å²) in [4.78, 5) is 42.9. The fourth-order valence-electron chi connectivity index (χ4n) is 2.55. The first-order chi connectivity index (χ1) is 11.9. The highest BCUT2D eigenvalue weighted by Gasteiger charge is 2.32. The number of hydroxylamine groups is 2. The molecular weight excluding hydrogens is 328 g/mol. The Bertz CT molecular complexity index is 615. The van der Waals surface area contributed by atoms with Crippen LogP contribution in [0.3, 0.4) is 0 Å². The monoisotopic (exact) mass is 352 g/mol. The highest BCUT2D eigenvalue weighted by atomic mass is 16.7. The number of aromatic nitrogens is 4. The van der Waals surface area contributed by atoms with E-state index in [9.17, 15) is 14.4 Å². The SMILES string of the molecule is CC[C@H](CCN(C)CCC(=O)ON1C(=O)CCC1=O)c1nnn(C)n1. The quantitative estimate of drug-likeness (QED) is 0.572. The largest absolute Gasteiger partial charge is 0.334 e. The van der Waals surface area contributed by atoms with Gasteiger partial charge in [0, 0.05) is 25.3 Å². The summed E-state index contributed by atoms with van der Waals surface area (Å²) in [6.45, 7) is 3.30. The van der Waals surface area contributed by atoms with Crippen LogP contribution in [0.1, 0.15) is 50.8 Å². The molecule has 1 saturated heterocycles. The van der Waals surface area contributed by atoms with Gasteiger partial charge in [0.2, 0.25) is 0 Å². The number of nitrogens with zero attached hydrogens (tertiary/aromatic N) is 6. The predicted molar refractivity (Wildman–Crippen MR) is 85.7 cm³/mol. The van der Waals surface area contributed by atoms with Gasteiger partial charge in [0.25, 0.3) is 11.8 Å². The molecule has 10 nitrogen and oxygen atoms in total. The number of rotatable bonds is 9. The first-order valence-electron chi connectivity index (χ1n) is 8.39. The van der Waals surface area contributed by atoms with Crippen molar-refractivity contribution < 1.29 is 19.2 Å². The molecule has 1 aliphatic rings. The van der Waals surface area contributed by atoms with E-state index in [2.05, 4.69) is 22.3 Å². The van der Waals surface area contributed by atoms with Crippen molar-refractivity contribution in [3.05, 3.63) is 5.82 Å². The zero-order valence-electron chi connectivity index (χ0n) is 14.8. The van der Waals surface area contributed by atoms with Gasteiger partial charge < -0.3 is 9.74 Å². The molecular formula is C15H24N6O4. The average molecular weight is 352 g/mol. The zero-order valence-corrected chi connectivity index (χ0v) is 14.8. The molecule has 0 saturated carbocycles. The van der Waals surface area contributed by atoms with E-state index in [1.807, 2.05) is 11.9 Å². The average Bonchev–Trinajstić information content (AvgIpc) is 3.14. The third-order valence-corrected chi connectivity index (χ3v) is 4.14. The van der Waals surface area contributed by atoms with E-state index in [0.717, 1.165) is 25.2 Å². The van der Waals surface area contributed by atoms with Crippen LogP contribution in [0.2, 0.25) is 0 Å². The second-order valence-electron chi connectivity index (χ2n) is 6.13. The maximum atomic E-state index is 11.8. The number of tetrazole rings is 1. The molecule has 0 spiro atoms. The van der Waals surface area contributed by atoms with Gasteiger partial charge in [-0.1, -0.05) is 6.92 Å². The standard InChI is InChI=1S/C15H24N6O4/c1-4-11(15-16-18-20(3)17-15)7-9-19(2)10-8-14(24)25-21-12(22)5-6-13(21)23/h11H,4-10H2,1-3H3/t11-/m1/s1. The molecule has 0 unspecified atom stereocenters. The molecule has 1 atom stereocenters. The van der Waals surface area contributed by atoms with Crippen LogP contribution in [-0.2, 0) is 26.3 Å². The maximum Gasteiger partial charge on any atom is 0.334 e. The fraction of sp³-hybridized carbons (Fsp3) is 0.733. The molecule has 0 aliphatic carbocycles. The Kier molecular flexibility index (Phi) is 6.57. The van der Waals surface area contributed by atoms with Crippen molar-refractivity contribution in [2.45, 2.75) is 44.9 Å². The minimum Gasteiger partial charge on any atom is -0.330 e. The van der Waals surface area contributed by atoms with Crippen LogP contribution in [0.15, 0.2) is 0 Å². The summed E-state index contributed by atoms with van der Waals surface area (Å²) in [6, 6.07) is 0. The van der Waals surface area contributed by atoms with Gasteiger partial charge in [0.05, 0.1) is 13.5 Å². The minimum absolute atomic E-state index is 0.0981. The Labute approximate surface area is 146 Å². The maximum absolute atomic E-state index is 11.8. The fourth-order valence-corrected chi connectivity index (χ4v) is 2.55. The van der Waals surface area contributed by atoms with Crippen LogP contribution in [0.25, 0.3) is 0 Å². The lowest BCUT2D eigenvalue weighted by Gasteiger charge is -2.19. The van der Waals surface area contributed by atoms with Gasteiger partial charge in [-0.05, 0) is 31.6 Å². The van der Waals surface area contributed by atoms with E-state index in [4.69, 9.17) is 4.84 Å². The van der Waals surface area contributed by atoms with Crippen molar-refractivity contribution in [2.75, 3.05) is 20.1 Å². The van der Waals surface area contributed by atoms with Gasteiger partial charge in [-0.2, -0.15) is 4.80 Å². The normalized spacial score (nSPS) is 15.9. The molecule has 1 aromatic heterocycles. The molecule has 2 rings (SSSR count). The Morgan fingerprint density at radius 2 is 1.96 bits per heavy atom. The lowest BCUT2D eigenvalue weighted by molar-refractivity contribution is -0.197. The Hall–Kier alpha value is -2.36. The van der Waals surface area contributed by atoms with E-state index in [1.165, 1.54) is 4.80 Å². The summed E-state index contributed by atoms with van der Waals surface area (Å²) in [7, 11) is 3.63. The van der Waals surface area contributed by atoms with Crippen molar-refractivity contribution in [1.29, 1.82) is 0 Å². The van der Waals surface area contributed by atoms with E-state index in [-0.39, 0.29) is 25.2 Å². The van der Waals surface area contributed by atoms with E-state index >= 15 is 0 Å². The molecule has 1 aliphatic heterocycles. The van der Waals surface area contributed by atoms with Crippen LogP contribution in [0.4, 0.5) is 0 Å². The number of amides is 2. The summed E-state index contributed by atoms with van der Waals surface area (Å²) in [5, 5.41) is 12.7. The second kappa shape index (κ2) is 8.65. The third-order valence-electron chi connectivity index (χ3n) is 4.14. The summed E-state index contributed by atoms with van der Waals surface area (Å²) in [5.74, 6) is -0.576. The Morgan fingerprint density at radius 1 is 1.28 bits per heavy atom. The molecule has 0 radical (unpaired) electrons. The molecule has 138 valence electrons. The number of imide groups is 1. The summed E-state index contributed by atoms with van der Waals surface area (Å²) >= 11 is 0. The topological polar surface area (TPSA) is 111 Å². The van der Waals surface area contributed by atoms with Crippen LogP contribution in [-0.4, -0.2) is 68.1 Å². The lowest BCUT2D eigenvalue weighted by atomic mass is 10.0. The van der Waals surface area contributed by atoms with Gasteiger partial charge in [-0.15, -0.1) is 15.3 Å². The van der Waals surface area contributed by atoms with Gasteiger partial charge in [-0.25, -0.2) is 4.79 Å². The lowest BCUT2D eigenvalue weighted by Crippen LogP contribution is -2.33. The molecule has 0 bridgehead atoms. The van der Waals surface area contributed by atoms with Gasteiger partial charge in [0.15, 0.2) is 5.82 Å². The predicted octanol–water partition coefficient (Wildman–Crippen LogP) is 0.0229. The smallest absolute Gasteiger partial charge is 0.330 e. The zero-order chi connectivity index (χ0) is 18.4. The molecule has 0 N–H and O–H groups in total. The van der Waals surface area contributed by atoms with Crippen molar-refractivity contribution in [1.82, 2.24) is 30.2 Å².